The lowest BCUT2D eigenvalue weighted by atomic mass is 10.1. The summed E-state index contributed by atoms with van der Waals surface area (Å²) in [5.41, 5.74) is 2.50. The number of thiazole rings is 1. The van der Waals surface area contributed by atoms with Crippen molar-refractivity contribution in [2.45, 2.75) is 32.2 Å². The third-order valence-electron chi connectivity index (χ3n) is 3.54. The summed E-state index contributed by atoms with van der Waals surface area (Å²) in [6, 6.07) is 6.10. The van der Waals surface area contributed by atoms with Gasteiger partial charge in [-0.15, -0.1) is 11.3 Å². The average Bonchev–Trinajstić information content (AvgIpc) is 2.97. The monoisotopic (exact) mass is 370 g/mol. The van der Waals surface area contributed by atoms with Crippen LogP contribution in [0, 0.1) is 0 Å². The zero-order valence-corrected chi connectivity index (χ0v) is 14.4. The molecule has 3 rings (SSSR count). The van der Waals surface area contributed by atoms with Crippen LogP contribution in [0.5, 0.6) is 0 Å². The highest BCUT2D eigenvalue weighted by Gasteiger charge is 2.24. The molecule has 1 aliphatic rings. The molecule has 0 saturated heterocycles. The Morgan fingerprint density at radius 1 is 1.45 bits per heavy atom. The molecular weight excluding hydrogens is 356 g/mol. The summed E-state index contributed by atoms with van der Waals surface area (Å²) in [5, 5.41) is 5.45. The van der Waals surface area contributed by atoms with Crippen LogP contribution < -0.4 is 5.32 Å². The molecule has 1 aliphatic carbocycles. The highest BCUT2D eigenvalue weighted by Crippen LogP contribution is 2.36. The summed E-state index contributed by atoms with van der Waals surface area (Å²) in [6.07, 6.45) is 3.57. The van der Waals surface area contributed by atoms with Gasteiger partial charge in [-0.1, -0.05) is 40.5 Å². The molecule has 0 fully saturated rings. The van der Waals surface area contributed by atoms with Crippen LogP contribution in [0.2, 0.25) is 5.02 Å². The van der Waals surface area contributed by atoms with Crippen molar-refractivity contribution >= 4 is 38.9 Å². The molecule has 0 bridgehead atoms. The van der Waals surface area contributed by atoms with E-state index in [4.69, 9.17) is 16.6 Å². The van der Waals surface area contributed by atoms with E-state index in [-0.39, 0.29) is 6.04 Å². The average molecular weight is 372 g/mol. The largest absolute Gasteiger partial charge is 0.305 e. The fourth-order valence-corrected chi connectivity index (χ4v) is 4.76. The second-order valence-electron chi connectivity index (χ2n) is 4.93. The van der Waals surface area contributed by atoms with Crippen LogP contribution in [0.25, 0.3) is 0 Å². The number of hydrogen-bond donors (Lipinski definition) is 1. The smallest absolute Gasteiger partial charge is 0.115 e. The molecule has 1 aromatic carbocycles. The maximum absolute atomic E-state index is 6.04. The minimum absolute atomic E-state index is 0.141. The van der Waals surface area contributed by atoms with Gasteiger partial charge in [0, 0.05) is 14.4 Å². The van der Waals surface area contributed by atoms with E-state index in [1.54, 1.807) is 0 Å². The second-order valence-corrected chi connectivity index (χ2v) is 7.34. The van der Waals surface area contributed by atoms with E-state index in [2.05, 4.69) is 34.2 Å². The molecule has 0 radical (unpaired) electrons. The standard InChI is InChI=1S/C15H16BrClN2S/c1-2-18-14(10-7-6-9(17)8-11(10)16)15-19-12-4-3-5-13(12)20-15/h6-8,14,18H,2-5H2,1H3. The van der Waals surface area contributed by atoms with Crippen molar-refractivity contribution in [3.8, 4) is 0 Å². The van der Waals surface area contributed by atoms with Crippen LogP contribution in [0.15, 0.2) is 22.7 Å². The van der Waals surface area contributed by atoms with Gasteiger partial charge < -0.3 is 5.32 Å². The molecule has 5 heteroatoms. The van der Waals surface area contributed by atoms with Crippen molar-refractivity contribution in [3.63, 3.8) is 0 Å². The molecule has 2 nitrogen and oxygen atoms in total. The zero-order valence-electron chi connectivity index (χ0n) is 11.2. The SMILES string of the molecule is CCNC(c1nc2c(s1)CCC2)c1ccc(Cl)cc1Br. The molecule has 0 amide bonds. The van der Waals surface area contributed by atoms with Gasteiger partial charge in [0.05, 0.1) is 11.7 Å². The second kappa shape index (κ2) is 6.14. The van der Waals surface area contributed by atoms with E-state index in [0.717, 1.165) is 22.5 Å². The molecule has 1 unspecified atom stereocenters. The lowest BCUT2D eigenvalue weighted by Gasteiger charge is -2.17. The van der Waals surface area contributed by atoms with E-state index in [1.165, 1.54) is 34.0 Å². The fraction of sp³-hybridized carbons (Fsp3) is 0.400. The third-order valence-corrected chi connectivity index (χ3v) is 5.69. The van der Waals surface area contributed by atoms with Crippen LogP contribution in [-0.4, -0.2) is 11.5 Å². The summed E-state index contributed by atoms with van der Waals surface area (Å²) >= 11 is 11.5. The molecule has 106 valence electrons. The van der Waals surface area contributed by atoms with Crippen molar-refractivity contribution in [2.24, 2.45) is 0 Å². The van der Waals surface area contributed by atoms with Gasteiger partial charge in [-0.2, -0.15) is 0 Å². The minimum atomic E-state index is 0.141. The Balaban J connectivity index is 1.99. The number of aromatic nitrogens is 1. The Morgan fingerprint density at radius 2 is 2.30 bits per heavy atom. The quantitative estimate of drug-likeness (QED) is 0.839. The molecule has 0 aliphatic heterocycles. The van der Waals surface area contributed by atoms with Gasteiger partial charge in [-0.25, -0.2) is 4.98 Å². The molecule has 0 spiro atoms. The van der Waals surface area contributed by atoms with Crippen LogP contribution in [0.4, 0.5) is 0 Å². The van der Waals surface area contributed by atoms with E-state index in [0.29, 0.717) is 0 Å². The third kappa shape index (κ3) is 2.80. The number of halogens is 2. The number of aryl methyl sites for hydroxylation is 2. The first kappa shape index (κ1) is 14.5. The molecule has 0 saturated carbocycles. The Kier molecular flexibility index (Phi) is 4.46. The van der Waals surface area contributed by atoms with Crippen LogP contribution in [0.1, 0.15) is 40.5 Å². The normalized spacial score (nSPS) is 15.3. The molecule has 1 atom stereocenters. The summed E-state index contributed by atoms with van der Waals surface area (Å²) in [5.74, 6) is 0. The first-order chi connectivity index (χ1) is 9.69. The highest BCUT2D eigenvalue weighted by atomic mass is 79.9. The Labute approximate surface area is 136 Å². The predicted molar refractivity (Wildman–Crippen MR) is 88.8 cm³/mol. The van der Waals surface area contributed by atoms with Crippen LogP contribution >= 0.6 is 38.9 Å². The van der Waals surface area contributed by atoms with E-state index in [1.807, 2.05) is 23.5 Å². The molecular formula is C15H16BrClN2S. The molecule has 2 aromatic rings. The van der Waals surface area contributed by atoms with Gasteiger partial charge in [0.15, 0.2) is 0 Å². The maximum atomic E-state index is 6.04. The lowest BCUT2D eigenvalue weighted by Crippen LogP contribution is -2.22. The number of hydrogen-bond acceptors (Lipinski definition) is 3. The summed E-state index contributed by atoms with van der Waals surface area (Å²) in [7, 11) is 0. The van der Waals surface area contributed by atoms with Gasteiger partial charge in [0.1, 0.15) is 5.01 Å². The fourth-order valence-electron chi connectivity index (χ4n) is 2.60. The number of nitrogens with one attached hydrogen (secondary N) is 1. The summed E-state index contributed by atoms with van der Waals surface area (Å²) in [6.45, 7) is 3.03. The van der Waals surface area contributed by atoms with E-state index < -0.39 is 0 Å². The Morgan fingerprint density at radius 3 is 3.00 bits per heavy atom. The molecule has 1 aromatic heterocycles. The van der Waals surface area contributed by atoms with Crippen molar-refractivity contribution in [1.29, 1.82) is 0 Å². The summed E-state index contributed by atoms with van der Waals surface area (Å²) < 4.78 is 1.03. The molecule has 1 heterocycles. The van der Waals surface area contributed by atoms with Gasteiger partial charge >= 0.3 is 0 Å². The Hall–Kier alpha value is -0.420. The van der Waals surface area contributed by atoms with Gasteiger partial charge in [0.25, 0.3) is 0 Å². The van der Waals surface area contributed by atoms with Crippen molar-refractivity contribution in [1.82, 2.24) is 10.3 Å². The highest BCUT2D eigenvalue weighted by molar-refractivity contribution is 9.10. The van der Waals surface area contributed by atoms with Crippen LogP contribution in [-0.2, 0) is 12.8 Å². The van der Waals surface area contributed by atoms with Gasteiger partial charge in [0.2, 0.25) is 0 Å². The van der Waals surface area contributed by atoms with Crippen molar-refractivity contribution < 1.29 is 0 Å². The zero-order chi connectivity index (χ0) is 14.1. The van der Waals surface area contributed by atoms with E-state index >= 15 is 0 Å². The number of fused-ring (bicyclic) bond motifs is 1. The Bertz CT molecular complexity index is 605. The van der Waals surface area contributed by atoms with Gasteiger partial charge in [-0.3, -0.25) is 0 Å². The number of rotatable bonds is 4. The predicted octanol–water partition coefficient (Wildman–Crippen LogP) is 4.75. The number of nitrogens with zero attached hydrogens (tertiary/aromatic N) is 1. The lowest BCUT2D eigenvalue weighted by molar-refractivity contribution is 0.623. The van der Waals surface area contributed by atoms with Crippen molar-refractivity contribution in [3.05, 3.63) is 48.8 Å². The maximum Gasteiger partial charge on any atom is 0.115 e. The minimum Gasteiger partial charge on any atom is -0.305 e. The van der Waals surface area contributed by atoms with Crippen LogP contribution in [0.3, 0.4) is 0 Å². The molecule has 1 N–H and O–H groups in total. The van der Waals surface area contributed by atoms with Crippen molar-refractivity contribution in [2.75, 3.05) is 6.54 Å². The first-order valence-electron chi connectivity index (χ1n) is 6.86. The topological polar surface area (TPSA) is 24.9 Å². The summed E-state index contributed by atoms with van der Waals surface area (Å²) in [4.78, 5) is 6.32. The number of benzene rings is 1. The first-order valence-corrected chi connectivity index (χ1v) is 8.84. The molecule has 20 heavy (non-hydrogen) atoms. The van der Waals surface area contributed by atoms with Gasteiger partial charge in [-0.05, 0) is 43.5 Å². The van der Waals surface area contributed by atoms with E-state index in [9.17, 15) is 0 Å².